The van der Waals surface area contributed by atoms with Crippen LogP contribution in [0.1, 0.15) is 24.4 Å². The number of piperazine rings is 1. The molecule has 0 aliphatic carbocycles. The summed E-state index contributed by atoms with van der Waals surface area (Å²) >= 11 is 0. The van der Waals surface area contributed by atoms with Gasteiger partial charge in [0.2, 0.25) is 17.7 Å². The molecule has 0 bridgehead atoms. The summed E-state index contributed by atoms with van der Waals surface area (Å²) in [5, 5.41) is 5.70. The van der Waals surface area contributed by atoms with Crippen molar-refractivity contribution >= 4 is 36.7 Å². The van der Waals surface area contributed by atoms with Gasteiger partial charge in [0, 0.05) is 25.3 Å². The molecule has 2 aromatic rings. The summed E-state index contributed by atoms with van der Waals surface area (Å²) in [6, 6.07) is 15.2. The fraction of sp³-hybridized carbons (Fsp3) is 0.348. The molecule has 158 valence electrons. The molecule has 0 aromatic heterocycles. The van der Waals surface area contributed by atoms with E-state index in [1.54, 1.807) is 29.2 Å². The van der Waals surface area contributed by atoms with Gasteiger partial charge in [-0.3, -0.25) is 19.3 Å². The molecule has 1 unspecified atom stereocenters. The van der Waals surface area contributed by atoms with Gasteiger partial charge in [-0.05, 0) is 30.5 Å². The number of carbonyl (C=O) groups is 3. The Hall–Kier alpha value is -3.13. The highest BCUT2D eigenvalue weighted by atomic mass is 16.2. The number of nitrogens with zero attached hydrogens (tertiary/aromatic N) is 2. The molecule has 2 aromatic carbocycles. The van der Waals surface area contributed by atoms with E-state index < -0.39 is 12.1 Å². The van der Waals surface area contributed by atoms with Crippen molar-refractivity contribution in [3.05, 3.63) is 60.2 Å². The monoisotopic (exact) mass is 416 g/mol. The molecule has 0 spiro atoms. The third-order valence-corrected chi connectivity index (χ3v) is 5.80. The molecule has 2 aliphatic heterocycles. The van der Waals surface area contributed by atoms with Gasteiger partial charge in [-0.1, -0.05) is 47.9 Å². The Morgan fingerprint density at radius 3 is 2.52 bits per heavy atom. The van der Waals surface area contributed by atoms with Gasteiger partial charge in [-0.15, -0.1) is 0 Å². The van der Waals surface area contributed by atoms with Gasteiger partial charge in [0.15, 0.2) is 0 Å². The number of hydrogen-bond acceptors (Lipinski definition) is 4. The molecule has 2 N–H and O–H groups in total. The van der Waals surface area contributed by atoms with Crippen LogP contribution in [0.5, 0.6) is 0 Å². The molecule has 31 heavy (non-hydrogen) atoms. The van der Waals surface area contributed by atoms with Gasteiger partial charge >= 0.3 is 0 Å². The normalized spacial score (nSPS) is 20.2. The van der Waals surface area contributed by atoms with E-state index in [1.807, 2.05) is 35.2 Å². The number of benzene rings is 2. The summed E-state index contributed by atoms with van der Waals surface area (Å²) < 4.78 is 0. The van der Waals surface area contributed by atoms with E-state index in [0.717, 1.165) is 12.0 Å². The molecule has 3 amide bonds. The van der Waals surface area contributed by atoms with Gasteiger partial charge in [-0.25, -0.2) is 0 Å². The molecule has 2 aliphatic rings. The van der Waals surface area contributed by atoms with E-state index in [0.29, 0.717) is 37.2 Å². The Labute approximate surface area is 183 Å². The number of hydrogen-bond donors (Lipinski definition) is 2. The van der Waals surface area contributed by atoms with Gasteiger partial charge in [0.05, 0.1) is 6.54 Å². The highest BCUT2D eigenvalue weighted by Crippen LogP contribution is 2.28. The first-order valence-corrected chi connectivity index (χ1v) is 10.6. The summed E-state index contributed by atoms with van der Waals surface area (Å²) in [6.45, 7) is 1.74. The van der Waals surface area contributed by atoms with Gasteiger partial charge in [0.25, 0.3) is 0 Å². The zero-order valence-electron chi connectivity index (χ0n) is 17.3. The Kier molecular flexibility index (Phi) is 6.37. The third-order valence-electron chi connectivity index (χ3n) is 5.80. The van der Waals surface area contributed by atoms with Gasteiger partial charge in [0.1, 0.15) is 19.9 Å². The summed E-state index contributed by atoms with van der Waals surface area (Å²) in [5.41, 5.74) is 2.09. The predicted octanol–water partition coefficient (Wildman–Crippen LogP) is 0.583. The molecule has 2 radical (unpaired) electrons. The number of amides is 3. The van der Waals surface area contributed by atoms with Gasteiger partial charge < -0.3 is 15.5 Å². The Morgan fingerprint density at radius 2 is 1.81 bits per heavy atom. The van der Waals surface area contributed by atoms with E-state index in [1.165, 1.54) is 0 Å². The summed E-state index contributed by atoms with van der Waals surface area (Å²) in [7, 11) is 5.71. The van der Waals surface area contributed by atoms with Crippen molar-refractivity contribution < 1.29 is 14.4 Å². The maximum absolute atomic E-state index is 13.7. The lowest BCUT2D eigenvalue weighted by Gasteiger charge is -2.37. The lowest BCUT2D eigenvalue weighted by atomic mass is 9.96. The van der Waals surface area contributed by atoms with Crippen LogP contribution in [0.25, 0.3) is 0 Å². The first-order chi connectivity index (χ1) is 15.0. The van der Waals surface area contributed by atoms with E-state index in [2.05, 4.69) is 10.6 Å². The van der Waals surface area contributed by atoms with Crippen LogP contribution in [0.3, 0.4) is 0 Å². The number of rotatable bonds is 5. The van der Waals surface area contributed by atoms with Crippen LogP contribution in [0.2, 0.25) is 0 Å². The van der Waals surface area contributed by atoms with Crippen molar-refractivity contribution in [3.8, 4) is 0 Å². The Balaban J connectivity index is 1.55. The fourth-order valence-electron chi connectivity index (χ4n) is 4.28. The standard InChI is InChI=1S/C23H25BN4O3/c24-17-8-10-18(11-9-17)26-22(30)19-7-4-13-28(19)23(31)21(16-5-2-1-3-6-16)27-14-12-25-20(29)15-27/h1-3,5-6,8-11,19,21H,4,7,12-15H2,(H,25,29)(H,26,30)/t19-,21?/m0/s1. The van der Waals surface area contributed by atoms with Crippen LogP contribution in [0.4, 0.5) is 5.69 Å². The van der Waals surface area contributed by atoms with Crippen molar-refractivity contribution in [1.29, 1.82) is 0 Å². The average Bonchev–Trinajstić information content (AvgIpc) is 3.27. The second-order valence-electron chi connectivity index (χ2n) is 7.93. The van der Waals surface area contributed by atoms with Crippen LogP contribution in [0.15, 0.2) is 54.6 Å². The van der Waals surface area contributed by atoms with Crippen molar-refractivity contribution in [3.63, 3.8) is 0 Å². The molecule has 2 heterocycles. The fourth-order valence-corrected chi connectivity index (χ4v) is 4.28. The zero-order chi connectivity index (χ0) is 21.8. The van der Waals surface area contributed by atoms with Crippen LogP contribution >= 0.6 is 0 Å². The van der Waals surface area contributed by atoms with E-state index in [-0.39, 0.29) is 24.3 Å². The molecular weight excluding hydrogens is 391 g/mol. The minimum Gasteiger partial charge on any atom is -0.354 e. The number of likely N-dealkylation sites (tertiary alicyclic amines) is 1. The zero-order valence-corrected chi connectivity index (χ0v) is 17.3. The average molecular weight is 416 g/mol. The summed E-state index contributed by atoms with van der Waals surface area (Å²) in [6.07, 6.45) is 1.36. The maximum atomic E-state index is 13.7. The van der Waals surface area contributed by atoms with Crippen molar-refractivity contribution in [1.82, 2.24) is 15.1 Å². The van der Waals surface area contributed by atoms with E-state index in [4.69, 9.17) is 7.85 Å². The second kappa shape index (κ2) is 9.35. The lowest BCUT2D eigenvalue weighted by Crippen LogP contribution is -2.54. The van der Waals surface area contributed by atoms with Crippen LogP contribution in [-0.4, -0.2) is 67.6 Å². The van der Waals surface area contributed by atoms with E-state index in [9.17, 15) is 14.4 Å². The summed E-state index contributed by atoms with van der Waals surface area (Å²) in [5.74, 6) is -0.450. The lowest BCUT2D eigenvalue weighted by molar-refractivity contribution is -0.143. The van der Waals surface area contributed by atoms with Crippen molar-refractivity contribution in [2.24, 2.45) is 0 Å². The largest absolute Gasteiger partial charge is 0.354 e. The molecular formula is C23H25BN4O3. The molecule has 2 saturated heterocycles. The van der Waals surface area contributed by atoms with Crippen LogP contribution in [0, 0.1) is 0 Å². The molecule has 0 saturated carbocycles. The van der Waals surface area contributed by atoms with E-state index >= 15 is 0 Å². The minimum atomic E-state index is -0.600. The quantitative estimate of drug-likeness (QED) is 0.699. The highest BCUT2D eigenvalue weighted by molar-refractivity contribution is 6.32. The number of carbonyl (C=O) groups excluding carboxylic acids is 3. The SMILES string of the molecule is [B]c1ccc(NC(=O)[C@@H]2CCCN2C(=O)C(c2ccccc2)N2CCNC(=O)C2)cc1. The topological polar surface area (TPSA) is 81.8 Å². The van der Waals surface area contributed by atoms with Crippen molar-refractivity contribution in [2.45, 2.75) is 24.9 Å². The maximum Gasteiger partial charge on any atom is 0.247 e. The first-order valence-electron chi connectivity index (χ1n) is 10.6. The minimum absolute atomic E-state index is 0.0981. The van der Waals surface area contributed by atoms with Gasteiger partial charge in [-0.2, -0.15) is 0 Å². The summed E-state index contributed by atoms with van der Waals surface area (Å²) in [4.78, 5) is 42.3. The highest BCUT2D eigenvalue weighted by Gasteiger charge is 2.40. The Bertz CT molecular complexity index is 951. The molecule has 2 fully saturated rings. The van der Waals surface area contributed by atoms with Crippen LogP contribution in [-0.2, 0) is 14.4 Å². The first kappa shape index (κ1) is 21.1. The van der Waals surface area contributed by atoms with Crippen molar-refractivity contribution in [2.75, 3.05) is 31.5 Å². The molecule has 8 heteroatoms. The molecule has 4 rings (SSSR count). The van der Waals surface area contributed by atoms with Crippen LogP contribution < -0.4 is 16.1 Å². The molecule has 7 nitrogen and oxygen atoms in total. The number of nitrogens with one attached hydrogen (secondary N) is 2. The number of anilines is 1. The molecule has 2 atom stereocenters. The predicted molar refractivity (Wildman–Crippen MR) is 119 cm³/mol. The second-order valence-corrected chi connectivity index (χ2v) is 7.93. The third kappa shape index (κ3) is 4.80. The smallest absolute Gasteiger partial charge is 0.247 e. The Morgan fingerprint density at radius 1 is 1.06 bits per heavy atom.